The highest BCUT2D eigenvalue weighted by Gasteiger charge is 2.37. The molecule has 114 valence electrons. The maximum Gasteiger partial charge on any atom is 0.416 e. The first-order valence-electron chi connectivity index (χ1n) is 6.74. The van der Waals surface area contributed by atoms with Crippen LogP contribution in [0.2, 0.25) is 0 Å². The molecule has 1 aromatic heterocycles. The van der Waals surface area contributed by atoms with Crippen LogP contribution in [-0.4, -0.2) is 41.5 Å². The number of nitrogens with two attached hydrogens (primary N) is 1. The summed E-state index contributed by atoms with van der Waals surface area (Å²) < 4.78 is 38.5. The van der Waals surface area contributed by atoms with E-state index in [4.69, 9.17) is 5.73 Å². The standard InChI is InChI=1S/C13H15F3N4O/c14-13(15,16)8-5-10(17)18-11(6-8)19-3-4-20-9(7-19)1-2-12(20)21/h5-6,9H,1-4,7H2,(H2,17,18). The van der Waals surface area contributed by atoms with Crippen LogP contribution in [0.15, 0.2) is 12.1 Å². The molecule has 21 heavy (non-hydrogen) atoms. The van der Waals surface area contributed by atoms with Gasteiger partial charge in [-0.25, -0.2) is 4.98 Å². The second kappa shape index (κ2) is 4.78. The molecule has 2 N–H and O–H groups in total. The lowest BCUT2D eigenvalue weighted by molar-refractivity contribution is -0.137. The van der Waals surface area contributed by atoms with Crippen molar-refractivity contribution in [3.63, 3.8) is 0 Å². The van der Waals surface area contributed by atoms with E-state index >= 15 is 0 Å². The van der Waals surface area contributed by atoms with Gasteiger partial charge in [0.15, 0.2) is 0 Å². The number of halogens is 3. The van der Waals surface area contributed by atoms with Gasteiger partial charge in [-0.05, 0) is 18.6 Å². The van der Waals surface area contributed by atoms with Gasteiger partial charge in [-0.3, -0.25) is 4.79 Å². The Balaban J connectivity index is 1.84. The quantitative estimate of drug-likeness (QED) is 0.853. The van der Waals surface area contributed by atoms with Crippen LogP contribution >= 0.6 is 0 Å². The molecule has 1 amide bonds. The summed E-state index contributed by atoms with van der Waals surface area (Å²) in [5.41, 5.74) is 4.69. The number of carbonyl (C=O) groups excluding carboxylic acids is 1. The van der Waals surface area contributed by atoms with Gasteiger partial charge in [0.2, 0.25) is 5.91 Å². The van der Waals surface area contributed by atoms with Crippen LogP contribution in [-0.2, 0) is 11.0 Å². The fourth-order valence-electron chi connectivity index (χ4n) is 2.94. The molecule has 3 heterocycles. The zero-order valence-corrected chi connectivity index (χ0v) is 11.2. The number of hydrogen-bond donors (Lipinski definition) is 1. The van der Waals surface area contributed by atoms with E-state index in [1.807, 2.05) is 0 Å². The number of carbonyl (C=O) groups is 1. The molecule has 1 atom stereocenters. The van der Waals surface area contributed by atoms with Gasteiger partial charge in [0.1, 0.15) is 11.6 Å². The second-order valence-corrected chi connectivity index (χ2v) is 5.36. The predicted molar refractivity (Wildman–Crippen MR) is 70.6 cm³/mol. The fourth-order valence-corrected chi connectivity index (χ4v) is 2.94. The summed E-state index contributed by atoms with van der Waals surface area (Å²) in [7, 11) is 0. The molecule has 0 spiro atoms. The topological polar surface area (TPSA) is 62.5 Å². The Morgan fingerprint density at radius 3 is 2.76 bits per heavy atom. The average molecular weight is 300 g/mol. The van der Waals surface area contributed by atoms with Gasteiger partial charge in [0.05, 0.1) is 5.56 Å². The number of fused-ring (bicyclic) bond motifs is 1. The Labute approximate surface area is 119 Å². The summed E-state index contributed by atoms with van der Waals surface area (Å²) in [6.45, 7) is 1.48. The summed E-state index contributed by atoms with van der Waals surface area (Å²) in [6, 6.07) is 1.91. The van der Waals surface area contributed by atoms with Crippen LogP contribution in [0.5, 0.6) is 0 Å². The second-order valence-electron chi connectivity index (χ2n) is 5.36. The van der Waals surface area contributed by atoms with Crippen LogP contribution in [0.1, 0.15) is 18.4 Å². The zero-order valence-electron chi connectivity index (χ0n) is 11.2. The lowest BCUT2D eigenvalue weighted by atomic mass is 10.1. The SMILES string of the molecule is Nc1cc(C(F)(F)F)cc(N2CCN3C(=O)CCC3C2)n1. The Morgan fingerprint density at radius 1 is 1.29 bits per heavy atom. The predicted octanol–water partition coefficient (Wildman–Crippen LogP) is 1.49. The third-order valence-electron chi connectivity index (χ3n) is 3.98. The highest BCUT2D eigenvalue weighted by molar-refractivity contribution is 5.79. The van der Waals surface area contributed by atoms with E-state index in [9.17, 15) is 18.0 Å². The third-order valence-corrected chi connectivity index (χ3v) is 3.98. The van der Waals surface area contributed by atoms with Gasteiger partial charge in [-0.2, -0.15) is 13.2 Å². The van der Waals surface area contributed by atoms with E-state index in [1.165, 1.54) is 0 Å². The van der Waals surface area contributed by atoms with Crippen LogP contribution in [0.4, 0.5) is 24.8 Å². The number of amides is 1. The van der Waals surface area contributed by atoms with Crippen molar-refractivity contribution in [1.82, 2.24) is 9.88 Å². The van der Waals surface area contributed by atoms with Gasteiger partial charge in [-0.15, -0.1) is 0 Å². The summed E-state index contributed by atoms with van der Waals surface area (Å²) in [5.74, 6) is 0.197. The zero-order chi connectivity index (χ0) is 15.2. The molecule has 2 saturated heterocycles. The van der Waals surface area contributed by atoms with Crippen LogP contribution in [0, 0.1) is 0 Å². The van der Waals surface area contributed by atoms with Crippen molar-refractivity contribution in [3.8, 4) is 0 Å². The maximum atomic E-state index is 12.8. The first-order chi connectivity index (χ1) is 9.84. The fraction of sp³-hybridized carbons (Fsp3) is 0.538. The minimum Gasteiger partial charge on any atom is -0.384 e. The normalized spacial score (nSPS) is 22.6. The van der Waals surface area contributed by atoms with E-state index in [0.29, 0.717) is 26.1 Å². The summed E-state index contributed by atoms with van der Waals surface area (Å²) >= 11 is 0. The number of anilines is 2. The number of hydrogen-bond acceptors (Lipinski definition) is 4. The molecular weight excluding hydrogens is 285 g/mol. The highest BCUT2D eigenvalue weighted by atomic mass is 19.4. The molecule has 1 unspecified atom stereocenters. The monoisotopic (exact) mass is 300 g/mol. The maximum absolute atomic E-state index is 12.8. The van der Waals surface area contributed by atoms with Gasteiger partial charge in [-0.1, -0.05) is 0 Å². The number of rotatable bonds is 1. The Kier molecular flexibility index (Phi) is 3.18. The molecule has 0 saturated carbocycles. The van der Waals surface area contributed by atoms with Crippen molar-refractivity contribution in [3.05, 3.63) is 17.7 Å². The van der Waals surface area contributed by atoms with Crippen molar-refractivity contribution in [2.45, 2.75) is 25.1 Å². The van der Waals surface area contributed by atoms with Crippen molar-refractivity contribution in [1.29, 1.82) is 0 Å². The minimum atomic E-state index is -4.45. The highest BCUT2D eigenvalue weighted by Crippen LogP contribution is 2.33. The van der Waals surface area contributed by atoms with E-state index in [1.54, 1.807) is 9.80 Å². The first kappa shape index (κ1) is 14.0. The summed E-state index contributed by atoms with van der Waals surface area (Å²) in [5, 5.41) is 0. The molecule has 5 nitrogen and oxygen atoms in total. The summed E-state index contributed by atoms with van der Waals surface area (Å²) in [6.07, 6.45) is -3.20. The Bertz CT molecular complexity index is 575. The molecule has 0 aliphatic carbocycles. The van der Waals surface area contributed by atoms with Gasteiger partial charge < -0.3 is 15.5 Å². The van der Waals surface area contributed by atoms with Crippen molar-refractivity contribution >= 4 is 17.5 Å². The van der Waals surface area contributed by atoms with Crippen molar-refractivity contribution in [2.75, 3.05) is 30.3 Å². The van der Waals surface area contributed by atoms with Gasteiger partial charge >= 0.3 is 6.18 Å². The molecule has 1 aromatic rings. The van der Waals surface area contributed by atoms with Gasteiger partial charge in [0.25, 0.3) is 0 Å². The summed E-state index contributed by atoms with van der Waals surface area (Å²) in [4.78, 5) is 19.2. The molecule has 3 rings (SSSR count). The Morgan fingerprint density at radius 2 is 2.05 bits per heavy atom. The smallest absolute Gasteiger partial charge is 0.384 e. The van der Waals surface area contributed by atoms with Crippen LogP contribution < -0.4 is 10.6 Å². The molecule has 2 fully saturated rings. The van der Waals surface area contributed by atoms with Crippen LogP contribution in [0.3, 0.4) is 0 Å². The Hall–Kier alpha value is -1.99. The number of pyridine rings is 1. The molecule has 8 heteroatoms. The minimum absolute atomic E-state index is 0.0591. The largest absolute Gasteiger partial charge is 0.416 e. The number of nitrogens with zero attached hydrogens (tertiary/aromatic N) is 3. The molecule has 2 aliphatic rings. The van der Waals surface area contributed by atoms with Crippen molar-refractivity contribution < 1.29 is 18.0 Å². The van der Waals surface area contributed by atoms with Gasteiger partial charge in [0, 0.05) is 32.1 Å². The van der Waals surface area contributed by atoms with Crippen molar-refractivity contribution in [2.24, 2.45) is 0 Å². The molecule has 2 aliphatic heterocycles. The van der Waals surface area contributed by atoms with Crippen LogP contribution in [0.25, 0.3) is 0 Å². The molecule has 0 radical (unpaired) electrons. The lowest BCUT2D eigenvalue weighted by Gasteiger charge is -2.38. The number of aromatic nitrogens is 1. The number of alkyl halides is 3. The molecule has 0 aromatic carbocycles. The first-order valence-corrected chi connectivity index (χ1v) is 6.74. The third kappa shape index (κ3) is 2.62. The van der Waals surface area contributed by atoms with E-state index in [2.05, 4.69) is 4.98 Å². The lowest BCUT2D eigenvalue weighted by Crippen LogP contribution is -2.51. The van der Waals surface area contributed by atoms with E-state index < -0.39 is 11.7 Å². The van der Waals surface area contributed by atoms with E-state index in [0.717, 1.165) is 18.6 Å². The number of piperazine rings is 1. The molecular formula is C13H15F3N4O. The number of nitrogen functional groups attached to an aromatic ring is 1. The van der Waals surface area contributed by atoms with E-state index in [-0.39, 0.29) is 23.6 Å². The molecule has 0 bridgehead atoms. The average Bonchev–Trinajstić information content (AvgIpc) is 2.78.